The molecule has 0 N–H and O–H groups in total. The van der Waals surface area contributed by atoms with Crippen molar-refractivity contribution in [2.75, 3.05) is 7.11 Å². The molecule has 0 saturated heterocycles. The second-order valence-corrected chi connectivity index (χ2v) is 4.28. The zero-order valence-corrected chi connectivity index (χ0v) is 11.7. The highest BCUT2D eigenvalue weighted by atomic mass is 16.6. The van der Waals surface area contributed by atoms with Crippen molar-refractivity contribution in [1.82, 2.24) is 20.0 Å². The Morgan fingerprint density at radius 1 is 1.38 bits per heavy atom. The van der Waals surface area contributed by atoms with Gasteiger partial charge >= 0.3 is 11.7 Å². The molecule has 10 heteroatoms. The Morgan fingerprint density at radius 2 is 2.05 bits per heavy atom. The number of nitro groups is 1. The number of methoxy groups -OCH3 is 1. The molecule has 0 fully saturated rings. The molecule has 2 aromatic rings. The van der Waals surface area contributed by atoms with Gasteiger partial charge in [0.2, 0.25) is 11.8 Å². The van der Waals surface area contributed by atoms with E-state index in [2.05, 4.69) is 20.0 Å². The van der Waals surface area contributed by atoms with Crippen LogP contribution in [0.25, 0.3) is 0 Å². The van der Waals surface area contributed by atoms with Gasteiger partial charge in [0.25, 0.3) is 0 Å². The zero-order chi connectivity index (χ0) is 15.6. The number of hydrogen-bond acceptors (Lipinski definition) is 8. The van der Waals surface area contributed by atoms with Crippen molar-refractivity contribution < 1.29 is 18.9 Å². The summed E-state index contributed by atoms with van der Waals surface area (Å²) >= 11 is 0. The number of ether oxygens (including phenoxy) is 1. The lowest BCUT2D eigenvalue weighted by Gasteiger charge is -1.98. The van der Waals surface area contributed by atoms with Gasteiger partial charge in [-0.2, -0.15) is 5.10 Å². The summed E-state index contributed by atoms with van der Waals surface area (Å²) in [6.45, 7) is 3.23. The molecule has 0 aromatic carbocycles. The average molecular weight is 295 g/mol. The van der Waals surface area contributed by atoms with Gasteiger partial charge in [-0.05, 0) is 13.8 Å². The van der Waals surface area contributed by atoms with Crippen LogP contribution < -0.4 is 0 Å². The summed E-state index contributed by atoms with van der Waals surface area (Å²) in [6, 6.07) is 0. The van der Waals surface area contributed by atoms with E-state index in [-0.39, 0.29) is 30.4 Å². The molecule has 0 radical (unpaired) electrons. The minimum absolute atomic E-state index is 0.0377. The van der Waals surface area contributed by atoms with Gasteiger partial charge in [-0.3, -0.25) is 19.6 Å². The van der Waals surface area contributed by atoms with E-state index in [1.54, 1.807) is 13.8 Å². The predicted octanol–water partition coefficient (Wildman–Crippen LogP) is 0.555. The minimum Gasteiger partial charge on any atom is -0.469 e. The van der Waals surface area contributed by atoms with Crippen LogP contribution in [0.5, 0.6) is 0 Å². The average Bonchev–Trinajstić information content (AvgIpc) is 2.95. The molecule has 2 aromatic heterocycles. The number of aromatic nitrogens is 4. The van der Waals surface area contributed by atoms with E-state index in [1.807, 2.05) is 0 Å². The molecule has 0 aliphatic rings. The molecule has 2 heterocycles. The third kappa shape index (κ3) is 3.04. The highest BCUT2D eigenvalue weighted by Crippen LogP contribution is 2.22. The summed E-state index contributed by atoms with van der Waals surface area (Å²) in [5, 5.41) is 22.5. The van der Waals surface area contributed by atoms with Gasteiger partial charge in [0.05, 0.1) is 12.0 Å². The van der Waals surface area contributed by atoms with Crippen LogP contribution in [0, 0.1) is 24.0 Å². The summed E-state index contributed by atoms with van der Waals surface area (Å²) in [5.41, 5.74) is 0.668. The molecule has 21 heavy (non-hydrogen) atoms. The van der Waals surface area contributed by atoms with E-state index in [9.17, 15) is 14.9 Å². The van der Waals surface area contributed by atoms with Gasteiger partial charge in [-0.25, -0.2) is 0 Å². The number of carbonyl (C=O) groups excluding carboxylic acids is 1. The van der Waals surface area contributed by atoms with Gasteiger partial charge in [0.15, 0.2) is 0 Å². The maximum Gasteiger partial charge on any atom is 0.315 e. The monoisotopic (exact) mass is 295 g/mol. The number of aryl methyl sites for hydroxylation is 1. The lowest BCUT2D eigenvalue weighted by atomic mass is 10.3. The fourth-order valence-electron chi connectivity index (χ4n) is 1.85. The number of hydrogen-bond donors (Lipinski definition) is 0. The van der Waals surface area contributed by atoms with Crippen LogP contribution in [-0.2, 0) is 22.5 Å². The van der Waals surface area contributed by atoms with Crippen LogP contribution in [0.1, 0.15) is 23.2 Å². The molecule has 0 saturated carbocycles. The molecule has 0 amide bonds. The summed E-state index contributed by atoms with van der Waals surface area (Å²) in [7, 11) is 1.26. The Morgan fingerprint density at radius 3 is 2.62 bits per heavy atom. The Kier molecular flexibility index (Phi) is 3.96. The molecule has 2 rings (SSSR count). The number of nitrogens with zero attached hydrogens (tertiary/aromatic N) is 5. The SMILES string of the molecule is COC(=O)Cc1nnc(Cn2nc(C)c([N+](=O)[O-])c2C)o1. The molecule has 0 bridgehead atoms. The third-order valence-corrected chi connectivity index (χ3v) is 2.84. The normalized spacial score (nSPS) is 10.6. The van der Waals surface area contributed by atoms with E-state index in [1.165, 1.54) is 11.8 Å². The van der Waals surface area contributed by atoms with Crippen LogP contribution in [0.3, 0.4) is 0 Å². The van der Waals surface area contributed by atoms with Gasteiger partial charge in [0.1, 0.15) is 24.4 Å². The maximum atomic E-state index is 11.1. The van der Waals surface area contributed by atoms with Crippen LogP contribution in [0.15, 0.2) is 4.42 Å². The van der Waals surface area contributed by atoms with Crippen molar-refractivity contribution in [1.29, 1.82) is 0 Å². The largest absolute Gasteiger partial charge is 0.469 e. The number of rotatable bonds is 5. The molecule has 0 spiro atoms. The molecular weight excluding hydrogens is 282 g/mol. The van der Waals surface area contributed by atoms with Crippen molar-refractivity contribution in [3.05, 3.63) is 33.3 Å². The first kappa shape index (κ1) is 14.6. The first-order chi connectivity index (χ1) is 9.92. The summed E-state index contributed by atoms with van der Waals surface area (Å²) in [4.78, 5) is 21.5. The third-order valence-electron chi connectivity index (χ3n) is 2.84. The van der Waals surface area contributed by atoms with Crippen molar-refractivity contribution in [3.63, 3.8) is 0 Å². The lowest BCUT2D eigenvalue weighted by Crippen LogP contribution is -2.05. The Hall–Kier alpha value is -2.78. The van der Waals surface area contributed by atoms with E-state index in [0.717, 1.165) is 0 Å². The fourth-order valence-corrected chi connectivity index (χ4v) is 1.85. The van der Waals surface area contributed by atoms with Gasteiger partial charge in [-0.1, -0.05) is 0 Å². The Bertz CT molecular complexity index is 689. The first-order valence-electron chi connectivity index (χ1n) is 5.98. The second kappa shape index (κ2) is 5.69. The van der Waals surface area contributed by atoms with Crippen LogP contribution in [-0.4, -0.2) is 38.0 Å². The lowest BCUT2D eigenvalue weighted by molar-refractivity contribution is -0.386. The Labute approximate surface area is 118 Å². The molecule has 112 valence electrons. The quantitative estimate of drug-likeness (QED) is 0.444. The summed E-state index contributed by atoms with van der Waals surface area (Å²) in [6.07, 6.45) is -0.124. The van der Waals surface area contributed by atoms with Crippen molar-refractivity contribution in [2.45, 2.75) is 26.8 Å². The van der Waals surface area contributed by atoms with E-state index < -0.39 is 10.9 Å². The van der Waals surface area contributed by atoms with Gasteiger partial charge in [-0.15, -0.1) is 10.2 Å². The van der Waals surface area contributed by atoms with Crippen LogP contribution in [0.4, 0.5) is 5.69 Å². The molecule has 0 aliphatic heterocycles. The van der Waals surface area contributed by atoms with E-state index in [4.69, 9.17) is 4.42 Å². The smallest absolute Gasteiger partial charge is 0.315 e. The summed E-state index contributed by atoms with van der Waals surface area (Å²) < 4.78 is 11.2. The predicted molar refractivity (Wildman–Crippen MR) is 67.5 cm³/mol. The van der Waals surface area contributed by atoms with Crippen molar-refractivity contribution >= 4 is 11.7 Å². The topological polar surface area (TPSA) is 126 Å². The maximum absolute atomic E-state index is 11.1. The van der Waals surface area contributed by atoms with Gasteiger partial charge < -0.3 is 9.15 Å². The Balaban J connectivity index is 2.18. The van der Waals surface area contributed by atoms with Crippen molar-refractivity contribution in [2.24, 2.45) is 0 Å². The molecule has 0 atom stereocenters. The highest BCUT2D eigenvalue weighted by Gasteiger charge is 2.22. The van der Waals surface area contributed by atoms with E-state index in [0.29, 0.717) is 11.4 Å². The van der Waals surface area contributed by atoms with Crippen LogP contribution >= 0.6 is 0 Å². The fraction of sp³-hybridized carbons (Fsp3) is 0.455. The minimum atomic E-state index is -0.494. The molecule has 10 nitrogen and oxygen atoms in total. The molecule has 0 unspecified atom stereocenters. The highest BCUT2D eigenvalue weighted by molar-refractivity contribution is 5.70. The number of esters is 1. The van der Waals surface area contributed by atoms with Crippen molar-refractivity contribution in [3.8, 4) is 0 Å². The van der Waals surface area contributed by atoms with Crippen LogP contribution in [0.2, 0.25) is 0 Å². The van der Waals surface area contributed by atoms with E-state index >= 15 is 0 Å². The molecular formula is C11H13N5O5. The zero-order valence-electron chi connectivity index (χ0n) is 11.7. The standard InChI is InChI=1S/C11H13N5O5/c1-6-11(16(18)19)7(2)15(14-6)5-9-13-12-8(21-9)4-10(17)20-3/h4-5H2,1-3H3. The second-order valence-electron chi connectivity index (χ2n) is 4.28. The molecule has 0 aliphatic carbocycles. The number of carbonyl (C=O) groups is 1. The summed E-state index contributed by atoms with van der Waals surface area (Å²) in [5.74, 6) is -0.172. The van der Waals surface area contributed by atoms with Gasteiger partial charge in [0, 0.05) is 0 Å². The first-order valence-corrected chi connectivity index (χ1v) is 5.98.